The Hall–Kier alpha value is -1.51. The van der Waals surface area contributed by atoms with Crippen molar-refractivity contribution in [3.05, 3.63) is 29.3 Å². The lowest BCUT2D eigenvalue weighted by Gasteiger charge is -2.19. The highest BCUT2D eigenvalue weighted by atomic mass is 16.6. The fourth-order valence-electron chi connectivity index (χ4n) is 1.47. The summed E-state index contributed by atoms with van der Waals surface area (Å²) in [6.07, 6.45) is -0.419. The van der Waals surface area contributed by atoms with E-state index in [1.807, 2.05) is 46.8 Å². The first-order valence-corrected chi connectivity index (χ1v) is 5.34. The average Bonchev–Trinajstić information content (AvgIpc) is 1.96. The highest BCUT2D eigenvalue weighted by molar-refractivity contribution is 5.85. The summed E-state index contributed by atoms with van der Waals surface area (Å²) in [6, 6.07) is 5.88. The van der Waals surface area contributed by atoms with E-state index in [1.165, 1.54) is 0 Å². The molecule has 0 aliphatic rings. The molecule has 1 aromatic rings. The lowest BCUT2D eigenvalue weighted by molar-refractivity contribution is 0.0636. The van der Waals surface area contributed by atoms with Crippen LogP contribution < -0.4 is 5.32 Å². The van der Waals surface area contributed by atoms with E-state index in [1.54, 1.807) is 0 Å². The number of rotatable bonds is 1. The molecule has 1 N–H and O–H groups in total. The van der Waals surface area contributed by atoms with Crippen molar-refractivity contribution in [2.24, 2.45) is 0 Å². The minimum Gasteiger partial charge on any atom is -0.444 e. The molecule has 0 spiro atoms. The Labute approximate surface area is 96.8 Å². The van der Waals surface area contributed by atoms with Crippen molar-refractivity contribution in [3.63, 3.8) is 0 Å². The average molecular weight is 221 g/mol. The Balaban J connectivity index is 2.70. The predicted molar refractivity (Wildman–Crippen MR) is 65.8 cm³/mol. The Morgan fingerprint density at radius 3 is 2.06 bits per heavy atom. The largest absolute Gasteiger partial charge is 0.444 e. The van der Waals surface area contributed by atoms with E-state index >= 15 is 0 Å². The summed E-state index contributed by atoms with van der Waals surface area (Å²) in [7, 11) is 0. The molecule has 3 nitrogen and oxygen atoms in total. The van der Waals surface area contributed by atoms with E-state index in [-0.39, 0.29) is 0 Å². The van der Waals surface area contributed by atoms with Gasteiger partial charge >= 0.3 is 6.09 Å². The number of hydrogen-bond donors (Lipinski definition) is 1. The fourth-order valence-corrected chi connectivity index (χ4v) is 1.47. The van der Waals surface area contributed by atoms with Crippen LogP contribution in [-0.2, 0) is 4.74 Å². The second-order valence-electron chi connectivity index (χ2n) is 5.00. The summed E-state index contributed by atoms with van der Waals surface area (Å²) in [4.78, 5) is 11.5. The molecule has 0 aliphatic heterocycles. The van der Waals surface area contributed by atoms with Gasteiger partial charge in [-0.3, -0.25) is 5.32 Å². The molecule has 0 aliphatic carbocycles. The van der Waals surface area contributed by atoms with E-state index in [9.17, 15) is 4.79 Å². The van der Waals surface area contributed by atoms with E-state index < -0.39 is 11.7 Å². The smallest absolute Gasteiger partial charge is 0.412 e. The number of ether oxygens (including phenoxy) is 1. The number of carbonyl (C=O) groups excluding carboxylic acids is 1. The standard InChI is InChI=1S/C13H19NO2/c1-9-6-10(2)8-11(7-9)14-12(15)16-13(3,4)5/h6-8H,1-5H3,(H,14,15). The Bertz CT molecular complexity index is 371. The van der Waals surface area contributed by atoms with Crippen LogP contribution in [-0.4, -0.2) is 11.7 Å². The van der Waals surface area contributed by atoms with Crippen LogP contribution in [0.5, 0.6) is 0 Å². The number of hydrogen-bond acceptors (Lipinski definition) is 2. The Morgan fingerprint density at radius 1 is 1.12 bits per heavy atom. The number of anilines is 1. The SMILES string of the molecule is Cc1cc(C)cc(NC(=O)OC(C)(C)C)c1. The first-order valence-electron chi connectivity index (χ1n) is 5.34. The van der Waals surface area contributed by atoms with Crippen LogP contribution in [0.25, 0.3) is 0 Å². The third-order valence-corrected chi connectivity index (χ3v) is 1.87. The molecule has 0 unspecified atom stereocenters. The molecule has 16 heavy (non-hydrogen) atoms. The van der Waals surface area contributed by atoms with Crippen molar-refractivity contribution in [1.82, 2.24) is 0 Å². The maximum atomic E-state index is 11.5. The van der Waals surface area contributed by atoms with Crippen LogP contribution in [0.1, 0.15) is 31.9 Å². The minimum absolute atomic E-state index is 0.419. The number of aryl methyl sites for hydroxylation is 2. The number of nitrogens with one attached hydrogen (secondary N) is 1. The first kappa shape index (κ1) is 12.6. The van der Waals surface area contributed by atoms with Gasteiger partial charge < -0.3 is 4.74 Å². The van der Waals surface area contributed by atoms with E-state index in [2.05, 4.69) is 11.4 Å². The molecule has 88 valence electrons. The van der Waals surface area contributed by atoms with Gasteiger partial charge in [0, 0.05) is 5.69 Å². The molecule has 1 amide bonds. The molecule has 0 saturated heterocycles. The van der Waals surface area contributed by atoms with Gasteiger partial charge in [0.15, 0.2) is 0 Å². The second-order valence-corrected chi connectivity index (χ2v) is 5.00. The van der Waals surface area contributed by atoms with Gasteiger partial charge in [-0.2, -0.15) is 0 Å². The van der Waals surface area contributed by atoms with Crippen molar-refractivity contribution in [1.29, 1.82) is 0 Å². The molecule has 0 aromatic heterocycles. The minimum atomic E-state index is -0.469. The van der Waals surface area contributed by atoms with Crippen molar-refractivity contribution in [3.8, 4) is 0 Å². The van der Waals surface area contributed by atoms with Gasteiger partial charge in [-0.15, -0.1) is 0 Å². The molecule has 0 fully saturated rings. The third kappa shape index (κ3) is 4.34. The topological polar surface area (TPSA) is 38.3 Å². The second kappa shape index (κ2) is 4.56. The van der Waals surface area contributed by atoms with Crippen molar-refractivity contribution >= 4 is 11.8 Å². The summed E-state index contributed by atoms with van der Waals surface area (Å²) in [6.45, 7) is 9.51. The zero-order chi connectivity index (χ0) is 12.3. The molecule has 0 bridgehead atoms. The summed E-state index contributed by atoms with van der Waals surface area (Å²) < 4.78 is 5.17. The zero-order valence-corrected chi connectivity index (χ0v) is 10.5. The summed E-state index contributed by atoms with van der Waals surface area (Å²) >= 11 is 0. The molecule has 0 atom stereocenters. The molecular formula is C13H19NO2. The van der Waals surface area contributed by atoms with Gasteiger partial charge in [0.05, 0.1) is 0 Å². The Morgan fingerprint density at radius 2 is 1.62 bits per heavy atom. The van der Waals surface area contributed by atoms with Crippen molar-refractivity contribution in [2.45, 2.75) is 40.2 Å². The van der Waals surface area contributed by atoms with Crippen LogP contribution >= 0.6 is 0 Å². The van der Waals surface area contributed by atoms with E-state index in [4.69, 9.17) is 4.74 Å². The van der Waals surface area contributed by atoms with Gasteiger partial charge in [-0.1, -0.05) is 6.07 Å². The third-order valence-electron chi connectivity index (χ3n) is 1.87. The van der Waals surface area contributed by atoms with Crippen LogP contribution in [0.15, 0.2) is 18.2 Å². The summed E-state index contributed by atoms with van der Waals surface area (Å²) in [5.74, 6) is 0. The molecule has 0 heterocycles. The van der Waals surface area contributed by atoms with Crippen LogP contribution in [0.3, 0.4) is 0 Å². The van der Waals surface area contributed by atoms with Crippen molar-refractivity contribution in [2.75, 3.05) is 5.32 Å². The van der Waals surface area contributed by atoms with Gasteiger partial charge in [0.1, 0.15) is 5.60 Å². The molecule has 3 heteroatoms. The molecular weight excluding hydrogens is 202 g/mol. The van der Waals surface area contributed by atoms with Crippen LogP contribution in [0.4, 0.5) is 10.5 Å². The number of carbonyl (C=O) groups is 1. The number of amides is 1. The maximum Gasteiger partial charge on any atom is 0.412 e. The zero-order valence-electron chi connectivity index (χ0n) is 10.5. The molecule has 1 rings (SSSR count). The van der Waals surface area contributed by atoms with E-state index in [0.29, 0.717) is 0 Å². The maximum absolute atomic E-state index is 11.5. The highest BCUT2D eigenvalue weighted by Crippen LogP contribution is 2.15. The van der Waals surface area contributed by atoms with Gasteiger partial charge in [-0.25, -0.2) is 4.79 Å². The van der Waals surface area contributed by atoms with Gasteiger partial charge in [0.2, 0.25) is 0 Å². The lowest BCUT2D eigenvalue weighted by Crippen LogP contribution is -2.27. The molecule has 0 saturated carbocycles. The predicted octanol–water partition coefficient (Wildman–Crippen LogP) is 3.65. The molecule has 1 aromatic carbocycles. The van der Waals surface area contributed by atoms with Gasteiger partial charge in [-0.05, 0) is 57.9 Å². The molecule has 0 radical (unpaired) electrons. The quantitative estimate of drug-likeness (QED) is 0.786. The lowest BCUT2D eigenvalue weighted by atomic mass is 10.1. The summed E-state index contributed by atoms with van der Waals surface area (Å²) in [5.41, 5.74) is 2.53. The summed E-state index contributed by atoms with van der Waals surface area (Å²) in [5, 5.41) is 2.72. The first-order chi connectivity index (χ1) is 7.26. The fraction of sp³-hybridized carbons (Fsp3) is 0.462. The van der Waals surface area contributed by atoms with E-state index in [0.717, 1.165) is 16.8 Å². The van der Waals surface area contributed by atoms with Crippen molar-refractivity contribution < 1.29 is 9.53 Å². The number of benzene rings is 1. The normalized spacial score (nSPS) is 11.1. The van der Waals surface area contributed by atoms with Crippen LogP contribution in [0, 0.1) is 13.8 Å². The highest BCUT2D eigenvalue weighted by Gasteiger charge is 2.16. The van der Waals surface area contributed by atoms with Gasteiger partial charge in [0.25, 0.3) is 0 Å². The monoisotopic (exact) mass is 221 g/mol. The Kier molecular flexibility index (Phi) is 3.58. The van der Waals surface area contributed by atoms with Crippen LogP contribution in [0.2, 0.25) is 0 Å².